The van der Waals surface area contributed by atoms with Gasteiger partial charge in [0, 0.05) is 50.5 Å². The second kappa shape index (κ2) is 13.1. The van der Waals surface area contributed by atoms with Crippen LogP contribution in [0.5, 0.6) is 0 Å². The number of morpholine rings is 1. The minimum atomic E-state index is 0.0298. The number of urea groups is 1. The summed E-state index contributed by atoms with van der Waals surface area (Å²) in [5.74, 6) is 0.905. The van der Waals surface area contributed by atoms with Gasteiger partial charge in [-0.1, -0.05) is 6.08 Å². The van der Waals surface area contributed by atoms with Crippen molar-refractivity contribution >= 4 is 35.0 Å². The van der Waals surface area contributed by atoms with Crippen LogP contribution in [0.25, 0.3) is 5.57 Å². The van der Waals surface area contributed by atoms with Gasteiger partial charge in [0.2, 0.25) is 0 Å². The van der Waals surface area contributed by atoms with Gasteiger partial charge in [-0.05, 0) is 86.4 Å². The van der Waals surface area contributed by atoms with E-state index in [1.807, 2.05) is 64.3 Å². The number of carbonyl (C=O) groups excluding carboxylic acids is 2. The molecule has 2 saturated heterocycles. The molecule has 2 aromatic rings. The fourth-order valence-corrected chi connectivity index (χ4v) is 5.57. The number of aromatic nitrogens is 1. The summed E-state index contributed by atoms with van der Waals surface area (Å²) < 4.78 is 5.37. The molecule has 0 bridgehead atoms. The second-order valence-electron chi connectivity index (χ2n) is 10.9. The lowest BCUT2D eigenvalue weighted by atomic mass is 10.00. The molecule has 3 aliphatic rings. The molecule has 41 heavy (non-hydrogen) atoms. The maximum Gasteiger partial charge on any atom is 0.332 e. The van der Waals surface area contributed by atoms with Crippen molar-refractivity contribution in [3.63, 3.8) is 0 Å². The van der Waals surface area contributed by atoms with Crippen LogP contribution in [0.4, 0.5) is 16.3 Å². The number of aliphatic imine (C=N–C) groups is 1. The zero-order valence-electron chi connectivity index (χ0n) is 24.0. The topological polar surface area (TPSA) is 121 Å². The van der Waals surface area contributed by atoms with E-state index in [0.717, 1.165) is 49.2 Å². The molecule has 0 spiro atoms. The number of benzene rings is 1. The molecule has 0 aliphatic carbocycles. The fourth-order valence-electron chi connectivity index (χ4n) is 5.57. The normalized spacial score (nSPS) is 19.1. The number of hydrogen-bond donors (Lipinski definition) is 2. The number of amides is 3. The van der Waals surface area contributed by atoms with Crippen molar-refractivity contribution in [3.8, 4) is 0 Å². The first kappa shape index (κ1) is 28.6. The zero-order chi connectivity index (χ0) is 28.8. The summed E-state index contributed by atoms with van der Waals surface area (Å²) in [5.41, 5.74) is 9.76. The van der Waals surface area contributed by atoms with Crippen LogP contribution in [0.1, 0.15) is 35.2 Å². The van der Waals surface area contributed by atoms with Crippen molar-refractivity contribution in [2.24, 2.45) is 10.7 Å². The van der Waals surface area contributed by atoms with E-state index >= 15 is 0 Å². The SMILES string of the molecule is CN1CCC(N(C)C(=O)c2ccc(N/C(N)=N/c3[nH+]cccc3C3=CCN(C(=O)N4CCOCC4)CC3)cc2)CC1. The molecule has 11 heteroatoms. The number of anilines is 1. The molecule has 1 aromatic heterocycles. The number of ether oxygens (including phenoxy) is 1. The minimum Gasteiger partial charge on any atom is -0.378 e. The zero-order valence-corrected chi connectivity index (χ0v) is 24.0. The molecule has 4 heterocycles. The minimum absolute atomic E-state index is 0.0298. The highest BCUT2D eigenvalue weighted by molar-refractivity contribution is 5.97. The van der Waals surface area contributed by atoms with E-state index in [1.165, 1.54) is 0 Å². The van der Waals surface area contributed by atoms with Crippen LogP contribution >= 0.6 is 0 Å². The van der Waals surface area contributed by atoms with Gasteiger partial charge in [0.25, 0.3) is 5.91 Å². The molecule has 0 radical (unpaired) electrons. The Morgan fingerprint density at radius 2 is 1.78 bits per heavy atom. The van der Waals surface area contributed by atoms with E-state index in [9.17, 15) is 9.59 Å². The first-order valence-electron chi connectivity index (χ1n) is 14.4. The Labute approximate surface area is 241 Å². The number of nitrogens with zero attached hydrogens (tertiary/aromatic N) is 5. The third-order valence-corrected chi connectivity index (χ3v) is 8.13. The lowest BCUT2D eigenvalue weighted by molar-refractivity contribution is -0.362. The molecule has 3 aliphatic heterocycles. The summed E-state index contributed by atoms with van der Waals surface area (Å²) in [4.78, 5) is 41.6. The molecule has 0 atom stereocenters. The van der Waals surface area contributed by atoms with Crippen molar-refractivity contribution in [1.82, 2.24) is 19.6 Å². The van der Waals surface area contributed by atoms with Crippen molar-refractivity contribution < 1.29 is 19.3 Å². The van der Waals surface area contributed by atoms with Gasteiger partial charge in [0.05, 0.1) is 25.0 Å². The number of H-pyrrole nitrogens is 1. The predicted octanol–water partition coefficient (Wildman–Crippen LogP) is 2.27. The largest absolute Gasteiger partial charge is 0.378 e. The maximum absolute atomic E-state index is 13.0. The summed E-state index contributed by atoms with van der Waals surface area (Å²) >= 11 is 0. The Balaban J connectivity index is 1.21. The molecule has 5 rings (SSSR count). The van der Waals surface area contributed by atoms with Crippen molar-refractivity contribution in [1.29, 1.82) is 0 Å². The molecule has 0 unspecified atom stereocenters. The molecule has 4 N–H and O–H groups in total. The molecule has 1 aromatic carbocycles. The van der Waals surface area contributed by atoms with E-state index in [2.05, 4.69) is 33.3 Å². The Kier molecular flexibility index (Phi) is 9.15. The van der Waals surface area contributed by atoms with E-state index in [1.54, 1.807) is 0 Å². The van der Waals surface area contributed by atoms with Gasteiger partial charge in [0.1, 0.15) is 0 Å². The number of carbonyl (C=O) groups is 2. The Morgan fingerprint density at radius 1 is 1.05 bits per heavy atom. The third-order valence-electron chi connectivity index (χ3n) is 8.13. The Morgan fingerprint density at radius 3 is 2.46 bits per heavy atom. The average Bonchev–Trinajstić information content (AvgIpc) is 3.01. The van der Waals surface area contributed by atoms with E-state index < -0.39 is 0 Å². The van der Waals surface area contributed by atoms with Crippen LogP contribution in [-0.4, -0.2) is 110 Å². The molecule has 3 amide bonds. The van der Waals surface area contributed by atoms with Crippen molar-refractivity contribution in [2.75, 3.05) is 71.9 Å². The monoisotopic (exact) mass is 561 g/mol. The highest BCUT2D eigenvalue weighted by atomic mass is 16.5. The van der Waals surface area contributed by atoms with Gasteiger partial charge in [0.15, 0.2) is 0 Å². The second-order valence-corrected chi connectivity index (χ2v) is 10.9. The standard InChI is InChI=1S/C30H40N8O3/c1-35-14-11-25(12-15-35)36(2)28(39)23-5-7-24(8-6-23)33-29(31)34-27-26(4-3-13-32-27)22-9-16-37(17-10-22)30(40)38-18-20-41-21-19-38/h3-9,13,25H,10-12,14-21H2,1-2H3,(H3,31,32,33,34)/p+1. The maximum atomic E-state index is 13.0. The number of likely N-dealkylation sites (tertiary alicyclic amines) is 1. The Hall–Kier alpha value is -3.96. The average molecular weight is 562 g/mol. The highest BCUT2D eigenvalue weighted by Gasteiger charge is 2.27. The highest BCUT2D eigenvalue weighted by Crippen LogP contribution is 2.28. The molecule has 11 nitrogen and oxygen atoms in total. The first-order chi connectivity index (χ1) is 19.9. The van der Waals surface area contributed by atoms with E-state index in [-0.39, 0.29) is 23.9 Å². The summed E-state index contributed by atoms with van der Waals surface area (Å²) in [5, 5.41) is 3.13. The predicted molar refractivity (Wildman–Crippen MR) is 159 cm³/mol. The fraction of sp³-hybridized carbons (Fsp3) is 0.467. The summed E-state index contributed by atoms with van der Waals surface area (Å²) in [6.45, 7) is 5.67. The van der Waals surface area contributed by atoms with Crippen LogP contribution in [0, 0.1) is 0 Å². The number of nitrogens with one attached hydrogen (secondary N) is 2. The van der Waals surface area contributed by atoms with Gasteiger partial charge < -0.3 is 35.4 Å². The third kappa shape index (κ3) is 7.04. The van der Waals surface area contributed by atoms with Gasteiger partial charge in [-0.25, -0.2) is 9.78 Å². The van der Waals surface area contributed by atoms with E-state index in [4.69, 9.17) is 10.5 Å². The Bertz CT molecular complexity index is 1280. The molecular weight excluding hydrogens is 520 g/mol. The van der Waals surface area contributed by atoms with Crippen molar-refractivity contribution in [2.45, 2.75) is 25.3 Å². The smallest absolute Gasteiger partial charge is 0.332 e. The first-order valence-corrected chi connectivity index (χ1v) is 14.4. The van der Waals surface area contributed by atoms with Crippen LogP contribution < -0.4 is 16.0 Å². The summed E-state index contributed by atoms with van der Waals surface area (Å²) in [6.07, 6.45) is 6.61. The van der Waals surface area contributed by atoms with Gasteiger partial charge in [-0.2, -0.15) is 0 Å². The number of pyridine rings is 1. The van der Waals surface area contributed by atoms with Crippen LogP contribution in [-0.2, 0) is 4.74 Å². The number of aromatic amines is 1. The summed E-state index contributed by atoms with van der Waals surface area (Å²) in [7, 11) is 4.01. The number of guanidine groups is 1. The molecule has 0 saturated carbocycles. The number of rotatable bonds is 5. The van der Waals surface area contributed by atoms with Gasteiger partial charge in [-0.3, -0.25) is 4.79 Å². The quantitative estimate of drug-likeness (QED) is 0.427. The lowest BCUT2D eigenvalue weighted by Gasteiger charge is -2.35. The van der Waals surface area contributed by atoms with E-state index in [0.29, 0.717) is 50.8 Å². The van der Waals surface area contributed by atoms with Crippen LogP contribution in [0.3, 0.4) is 0 Å². The lowest BCUT2D eigenvalue weighted by Crippen LogP contribution is -2.49. The van der Waals surface area contributed by atoms with Crippen LogP contribution in [0.15, 0.2) is 53.7 Å². The van der Waals surface area contributed by atoms with Crippen molar-refractivity contribution in [3.05, 3.63) is 59.8 Å². The molecule has 218 valence electrons. The van der Waals surface area contributed by atoms with Crippen LogP contribution in [0.2, 0.25) is 0 Å². The number of hydrogen-bond acceptors (Lipinski definition) is 5. The molecular formula is C30H41N8O3+. The van der Waals surface area contributed by atoms with Gasteiger partial charge in [-0.15, -0.1) is 0 Å². The molecule has 2 fully saturated rings. The number of nitrogens with two attached hydrogens (primary N) is 1. The van der Waals surface area contributed by atoms with Gasteiger partial charge >= 0.3 is 17.8 Å². The number of piperidine rings is 1. The summed E-state index contributed by atoms with van der Waals surface area (Å²) in [6, 6.07) is 11.6.